The maximum Gasteiger partial charge on any atom is 0.252 e. The topological polar surface area (TPSA) is 57.6 Å². The van der Waals surface area contributed by atoms with E-state index in [4.69, 9.17) is 5.11 Å². The van der Waals surface area contributed by atoms with Crippen LogP contribution in [-0.4, -0.2) is 30.4 Å². The molecule has 0 radical (unpaired) electrons. The molecule has 2 unspecified atom stereocenters. The van der Waals surface area contributed by atoms with E-state index in [1.807, 2.05) is 0 Å². The Morgan fingerprint density at radius 2 is 2.11 bits per heavy atom. The third-order valence-electron chi connectivity index (χ3n) is 4.33. The van der Waals surface area contributed by atoms with Crippen LogP contribution in [0.4, 0.5) is 0 Å². The summed E-state index contributed by atoms with van der Waals surface area (Å²) in [6.07, 6.45) is 5.55. The second kappa shape index (κ2) is 5.16. The molecular weight excluding hydrogens is 282 g/mol. The van der Waals surface area contributed by atoms with Crippen LogP contribution in [0.25, 0.3) is 0 Å². The van der Waals surface area contributed by atoms with E-state index >= 15 is 0 Å². The van der Waals surface area contributed by atoms with E-state index in [2.05, 4.69) is 0 Å². The van der Waals surface area contributed by atoms with E-state index in [1.165, 1.54) is 24.2 Å². The highest BCUT2D eigenvalue weighted by atomic mass is 32.2. The van der Waals surface area contributed by atoms with Crippen molar-refractivity contribution < 1.29 is 13.5 Å². The SMILES string of the molecule is O=S(=O)(c1cc(CO)cs1)N1CCC2CCCCC21. The first-order chi connectivity index (χ1) is 9.13. The van der Waals surface area contributed by atoms with Crippen LogP contribution in [0.5, 0.6) is 0 Å². The van der Waals surface area contributed by atoms with E-state index in [0.717, 1.165) is 19.3 Å². The second-order valence-corrected chi connectivity index (χ2v) is 8.48. The number of fused-ring (bicyclic) bond motifs is 1. The molecule has 2 atom stereocenters. The smallest absolute Gasteiger partial charge is 0.252 e. The van der Waals surface area contributed by atoms with Crippen LogP contribution in [-0.2, 0) is 16.6 Å². The van der Waals surface area contributed by atoms with E-state index in [0.29, 0.717) is 22.2 Å². The van der Waals surface area contributed by atoms with Gasteiger partial charge in [-0.2, -0.15) is 4.31 Å². The monoisotopic (exact) mass is 301 g/mol. The molecular formula is C13H19NO3S2. The van der Waals surface area contributed by atoms with Crippen LogP contribution in [0.1, 0.15) is 37.7 Å². The van der Waals surface area contributed by atoms with Crippen molar-refractivity contribution in [2.45, 2.75) is 49.0 Å². The Kier molecular flexibility index (Phi) is 3.68. The van der Waals surface area contributed by atoms with Crippen LogP contribution in [0.3, 0.4) is 0 Å². The predicted molar refractivity (Wildman–Crippen MR) is 74.5 cm³/mol. The molecule has 19 heavy (non-hydrogen) atoms. The summed E-state index contributed by atoms with van der Waals surface area (Å²) < 4.78 is 27.4. The van der Waals surface area contributed by atoms with E-state index in [1.54, 1.807) is 15.8 Å². The lowest BCUT2D eigenvalue weighted by molar-refractivity contribution is 0.260. The van der Waals surface area contributed by atoms with Crippen molar-refractivity contribution >= 4 is 21.4 Å². The van der Waals surface area contributed by atoms with Gasteiger partial charge >= 0.3 is 0 Å². The molecule has 106 valence electrons. The van der Waals surface area contributed by atoms with Gasteiger partial charge in [-0.25, -0.2) is 8.42 Å². The minimum Gasteiger partial charge on any atom is -0.392 e. The third kappa shape index (κ3) is 2.35. The second-order valence-electron chi connectivity index (χ2n) is 5.45. The number of nitrogens with zero attached hydrogens (tertiary/aromatic N) is 1. The summed E-state index contributed by atoms with van der Waals surface area (Å²) in [6.45, 7) is 0.558. The van der Waals surface area contributed by atoms with Crippen LogP contribution in [0.15, 0.2) is 15.7 Å². The summed E-state index contributed by atoms with van der Waals surface area (Å²) in [4.78, 5) is 0. The molecule has 1 saturated carbocycles. The molecule has 1 N–H and O–H groups in total. The first-order valence-electron chi connectivity index (χ1n) is 6.83. The molecule has 1 aromatic heterocycles. The van der Waals surface area contributed by atoms with Gasteiger partial charge in [0.2, 0.25) is 0 Å². The Balaban J connectivity index is 1.88. The molecule has 0 aromatic carbocycles. The van der Waals surface area contributed by atoms with E-state index < -0.39 is 10.0 Å². The number of aliphatic hydroxyl groups excluding tert-OH is 1. The van der Waals surface area contributed by atoms with Crippen LogP contribution < -0.4 is 0 Å². The van der Waals surface area contributed by atoms with E-state index in [9.17, 15) is 8.42 Å². The Hall–Kier alpha value is -0.430. The molecule has 0 spiro atoms. The van der Waals surface area contributed by atoms with Crippen LogP contribution >= 0.6 is 11.3 Å². The summed E-state index contributed by atoms with van der Waals surface area (Å²) in [6, 6.07) is 1.81. The predicted octanol–water partition coefficient (Wildman–Crippen LogP) is 2.19. The molecule has 4 nitrogen and oxygen atoms in total. The quantitative estimate of drug-likeness (QED) is 0.931. The molecule has 2 aliphatic rings. The Morgan fingerprint density at radius 3 is 2.84 bits per heavy atom. The number of hydrogen-bond donors (Lipinski definition) is 1. The average Bonchev–Trinajstić information content (AvgIpc) is 3.06. The molecule has 1 saturated heterocycles. The summed E-state index contributed by atoms with van der Waals surface area (Å²) in [5.74, 6) is 0.556. The fourth-order valence-corrected chi connectivity index (χ4v) is 6.41. The van der Waals surface area contributed by atoms with Crippen molar-refractivity contribution in [3.05, 3.63) is 17.0 Å². The summed E-state index contributed by atoms with van der Waals surface area (Å²) in [7, 11) is -3.36. The van der Waals surface area contributed by atoms with E-state index in [-0.39, 0.29) is 12.6 Å². The fourth-order valence-electron chi connectivity index (χ4n) is 3.35. The van der Waals surface area contributed by atoms with Gasteiger partial charge in [0.1, 0.15) is 4.21 Å². The van der Waals surface area contributed by atoms with Crippen molar-refractivity contribution in [1.82, 2.24) is 4.31 Å². The zero-order valence-corrected chi connectivity index (χ0v) is 12.4. The fraction of sp³-hybridized carbons (Fsp3) is 0.692. The van der Waals surface area contributed by atoms with Gasteiger partial charge in [-0.1, -0.05) is 12.8 Å². The molecule has 6 heteroatoms. The highest BCUT2D eigenvalue weighted by Gasteiger charge is 2.42. The highest BCUT2D eigenvalue weighted by molar-refractivity contribution is 7.91. The minimum absolute atomic E-state index is 0.0991. The number of rotatable bonds is 3. The standard InChI is InChI=1S/C13H19NO3S2/c15-8-10-7-13(18-9-10)19(16,17)14-6-5-11-3-1-2-4-12(11)14/h7,9,11-12,15H,1-6,8H2. The van der Waals surface area contributed by atoms with Crippen LogP contribution in [0, 0.1) is 5.92 Å². The zero-order chi connectivity index (χ0) is 13.5. The van der Waals surface area contributed by atoms with Gasteiger partial charge < -0.3 is 5.11 Å². The summed E-state index contributed by atoms with van der Waals surface area (Å²) >= 11 is 1.22. The lowest BCUT2D eigenvalue weighted by Gasteiger charge is -2.30. The number of aliphatic hydroxyl groups is 1. The lowest BCUT2D eigenvalue weighted by atomic mass is 9.86. The molecule has 1 aliphatic heterocycles. The maximum absolute atomic E-state index is 12.7. The third-order valence-corrected chi connectivity index (χ3v) is 7.72. The minimum atomic E-state index is -3.36. The summed E-state index contributed by atoms with van der Waals surface area (Å²) in [5, 5.41) is 10.8. The molecule has 1 aliphatic carbocycles. The first kappa shape index (κ1) is 13.5. The van der Waals surface area contributed by atoms with Gasteiger partial charge in [-0.3, -0.25) is 0 Å². The van der Waals surface area contributed by atoms with Crippen molar-refractivity contribution in [2.75, 3.05) is 6.54 Å². The molecule has 0 bridgehead atoms. The van der Waals surface area contributed by atoms with Crippen molar-refractivity contribution in [3.63, 3.8) is 0 Å². The Labute approximate surface area is 118 Å². The number of thiophene rings is 1. The number of hydrogen-bond acceptors (Lipinski definition) is 4. The average molecular weight is 301 g/mol. The molecule has 2 fully saturated rings. The largest absolute Gasteiger partial charge is 0.392 e. The van der Waals surface area contributed by atoms with Crippen molar-refractivity contribution in [3.8, 4) is 0 Å². The lowest BCUT2D eigenvalue weighted by Crippen LogP contribution is -2.38. The molecule has 3 rings (SSSR count). The van der Waals surface area contributed by atoms with Gasteiger partial charge in [0.05, 0.1) is 6.61 Å². The normalized spacial score (nSPS) is 28.5. The first-order valence-corrected chi connectivity index (χ1v) is 9.15. The van der Waals surface area contributed by atoms with Crippen molar-refractivity contribution in [1.29, 1.82) is 0 Å². The van der Waals surface area contributed by atoms with Crippen LogP contribution in [0.2, 0.25) is 0 Å². The summed E-state index contributed by atoms with van der Waals surface area (Å²) in [5.41, 5.74) is 0.683. The van der Waals surface area contributed by atoms with Gasteiger partial charge in [-0.15, -0.1) is 11.3 Å². The Bertz CT molecular complexity index is 552. The Morgan fingerprint density at radius 1 is 1.32 bits per heavy atom. The maximum atomic E-state index is 12.7. The molecule has 2 heterocycles. The highest BCUT2D eigenvalue weighted by Crippen LogP contribution is 2.39. The van der Waals surface area contributed by atoms with Gasteiger partial charge in [0.25, 0.3) is 10.0 Å². The molecule has 1 aromatic rings. The molecule has 0 amide bonds. The van der Waals surface area contributed by atoms with Gasteiger partial charge in [0.15, 0.2) is 0 Å². The van der Waals surface area contributed by atoms with Crippen molar-refractivity contribution in [2.24, 2.45) is 5.92 Å². The number of sulfonamides is 1. The van der Waals surface area contributed by atoms with Gasteiger partial charge in [-0.05, 0) is 42.2 Å². The zero-order valence-electron chi connectivity index (χ0n) is 10.8. The van der Waals surface area contributed by atoms with Gasteiger partial charge in [0, 0.05) is 12.6 Å².